The molecule has 23 heavy (non-hydrogen) atoms. The number of benzene rings is 1. The number of nitrogens with one attached hydrogen (secondary N) is 1. The number of nitrogens with zero attached hydrogens (tertiary/aromatic N) is 1. The number of rotatable bonds is 5. The van der Waals surface area contributed by atoms with Gasteiger partial charge in [0, 0.05) is 19.0 Å². The Hall–Kier alpha value is -1.66. The summed E-state index contributed by atoms with van der Waals surface area (Å²) in [6.45, 7) is 1.98. The summed E-state index contributed by atoms with van der Waals surface area (Å²) in [5, 5.41) is 0. The predicted molar refractivity (Wildman–Crippen MR) is 88.4 cm³/mol. The van der Waals surface area contributed by atoms with E-state index in [2.05, 4.69) is 16.9 Å². The third-order valence-electron chi connectivity index (χ3n) is 4.53. The number of amides is 1. The molecule has 2 heterocycles. The van der Waals surface area contributed by atoms with Crippen LogP contribution in [0.1, 0.15) is 31.2 Å². The highest BCUT2D eigenvalue weighted by Gasteiger charge is 2.36. The van der Waals surface area contributed by atoms with Gasteiger partial charge in [-0.15, -0.1) is 0 Å². The number of fused-ring (bicyclic) bond motifs is 2. The zero-order valence-corrected chi connectivity index (χ0v) is 14.1. The lowest BCUT2D eigenvalue weighted by Gasteiger charge is -2.31. The van der Waals surface area contributed by atoms with Crippen molar-refractivity contribution in [3.8, 4) is 0 Å². The number of hydrogen-bond acceptors (Lipinski definition) is 3. The Kier molecular flexibility index (Phi) is 4.55. The molecule has 2 bridgehead atoms. The molecule has 2 atom stereocenters. The predicted octanol–water partition coefficient (Wildman–Crippen LogP) is 1.98. The second-order valence-electron chi connectivity index (χ2n) is 6.23. The van der Waals surface area contributed by atoms with Gasteiger partial charge in [-0.05, 0) is 43.9 Å². The van der Waals surface area contributed by atoms with Gasteiger partial charge >= 0.3 is 0 Å². The molecule has 124 valence electrons. The minimum absolute atomic E-state index is 0.0359. The van der Waals surface area contributed by atoms with Crippen LogP contribution in [0.4, 0.5) is 0 Å². The number of sulfonamides is 1. The maximum Gasteiger partial charge on any atom is 0.240 e. The molecule has 1 amide bonds. The lowest BCUT2D eigenvalue weighted by molar-refractivity contribution is -0.133. The van der Waals surface area contributed by atoms with Gasteiger partial charge in [-0.3, -0.25) is 4.79 Å². The third kappa shape index (κ3) is 3.48. The fourth-order valence-electron chi connectivity index (χ4n) is 3.40. The van der Waals surface area contributed by atoms with Crippen LogP contribution in [-0.2, 0) is 14.8 Å². The molecule has 1 aromatic carbocycles. The van der Waals surface area contributed by atoms with Crippen LogP contribution in [0.5, 0.6) is 0 Å². The molecule has 2 aliphatic rings. The second-order valence-corrected chi connectivity index (χ2v) is 7.99. The first-order valence-corrected chi connectivity index (χ1v) is 9.50. The number of hydrogen-bond donors (Lipinski definition) is 1. The molecule has 0 spiro atoms. The van der Waals surface area contributed by atoms with Gasteiger partial charge in [0.25, 0.3) is 0 Å². The smallest absolute Gasteiger partial charge is 0.240 e. The molecule has 1 fully saturated rings. The Morgan fingerprint density at radius 2 is 2.17 bits per heavy atom. The summed E-state index contributed by atoms with van der Waals surface area (Å²) in [7, 11) is -3.56. The molecule has 0 saturated carbocycles. The summed E-state index contributed by atoms with van der Waals surface area (Å²) in [5.74, 6) is 0.0359. The van der Waals surface area contributed by atoms with Crippen LogP contribution in [0.2, 0.25) is 0 Å². The van der Waals surface area contributed by atoms with Gasteiger partial charge < -0.3 is 4.90 Å². The quantitative estimate of drug-likeness (QED) is 0.838. The minimum Gasteiger partial charge on any atom is -0.333 e. The summed E-state index contributed by atoms with van der Waals surface area (Å²) < 4.78 is 27.0. The highest BCUT2D eigenvalue weighted by molar-refractivity contribution is 7.89. The number of carbonyl (C=O) groups is 1. The van der Waals surface area contributed by atoms with Crippen molar-refractivity contribution in [2.45, 2.75) is 49.6 Å². The van der Waals surface area contributed by atoms with E-state index in [1.165, 1.54) is 0 Å². The molecule has 1 saturated heterocycles. The molecular formula is C17H22N2O3S. The summed E-state index contributed by atoms with van der Waals surface area (Å²) in [6, 6.07) is 7.25. The highest BCUT2D eigenvalue weighted by atomic mass is 32.2. The van der Waals surface area contributed by atoms with Crippen LogP contribution in [0, 0.1) is 6.92 Å². The zero-order chi connectivity index (χ0) is 16.4. The standard InChI is InChI=1S/C17H22N2O3S/c1-13-4-2-7-16(12-13)23(21,22)18-11-10-17(20)19-14-5-3-6-15(19)9-8-14/h2-5,7,12,14-15,18H,6,8-11H2,1H3/t14-,15-/m0/s1. The average molecular weight is 334 g/mol. The normalized spacial score (nSPS) is 23.3. The minimum atomic E-state index is -3.56. The molecule has 0 radical (unpaired) electrons. The van der Waals surface area contributed by atoms with E-state index in [9.17, 15) is 13.2 Å². The molecule has 1 aromatic rings. The van der Waals surface area contributed by atoms with Crippen molar-refractivity contribution in [3.05, 3.63) is 42.0 Å². The highest BCUT2D eigenvalue weighted by Crippen LogP contribution is 2.31. The Bertz CT molecular complexity index is 727. The van der Waals surface area contributed by atoms with Crippen molar-refractivity contribution in [2.75, 3.05) is 6.54 Å². The number of aryl methyl sites for hydroxylation is 1. The fourth-order valence-corrected chi connectivity index (χ4v) is 4.54. The van der Waals surface area contributed by atoms with Crippen molar-refractivity contribution in [2.24, 2.45) is 0 Å². The Balaban J connectivity index is 1.57. The third-order valence-corrected chi connectivity index (χ3v) is 5.99. The van der Waals surface area contributed by atoms with Crippen LogP contribution in [-0.4, -0.2) is 37.9 Å². The van der Waals surface area contributed by atoms with Gasteiger partial charge in [-0.2, -0.15) is 0 Å². The van der Waals surface area contributed by atoms with Crippen molar-refractivity contribution in [3.63, 3.8) is 0 Å². The largest absolute Gasteiger partial charge is 0.333 e. The van der Waals surface area contributed by atoms with Crippen molar-refractivity contribution < 1.29 is 13.2 Å². The van der Waals surface area contributed by atoms with E-state index < -0.39 is 10.0 Å². The average Bonchev–Trinajstić information content (AvgIpc) is 2.76. The zero-order valence-electron chi connectivity index (χ0n) is 13.2. The van der Waals surface area contributed by atoms with Crippen molar-refractivity contribution in [1.82, 2.24) is 9.62 Å². The van der Waals surface area contributed by atoms with E-state index in [0.29, 0.717) is 6.04 Å². The molecule has 5 nitrogen and oxygen atoms in total. The van der Waals surface area contributed by atoms with E-state index in [1.807, 2.05) is 17.9 Å². The molecule has 3 rings (SSSR count). The van der Waals surface area contributed by atoms with Crippen molar-refractivity contribution in [1.29, 1.82) is 0 Å². The van der Waals surface area contributed by atoms with Crippen LogP contribution in [0.15, 0.2) is 41.3 Å². The van der Waals surface area contributed by atoms with Crippen molar-refractivity contribution >= 4 is 15.9 Å². The Morgan fingerprint density at radius 3 is 2.91 bits per heavy atom. The molecular weight excluding hydrogens is 312 g/mol. The SMILES string of the molecule is Cc1cccc(S(=O)(=O)NCCC(=O)N2[C@H]3CC=C[C@H]2CC3)c1. The summed E-state index contributed by atoms with van der Waals surface area (Å²) in [5.41, 5.74) is 0.889. The van der Waals surface area contributed by atoms with Gasteiger partial charge in [0.1, 0.15) is 0 Å². The molecule has 1 N–H and O–H groups in total. The number of carbonyl (C=O) groups excluding carboxylic acids is 1. The van der Waals surface area contributed by atoms with Gasteiger partial charge in [0.2, 0.25) is 15.9 Å². The summed E-state index contributed by atoms with van der Waals surface area (Å²) in [6.07, 6.45) is 7.41. The lowest BCUT2D eigenvalue weighted by atomic mass is 10.1. The molecule has 0 aromatic heterocycles. The molecule has 2 aliphatic heterocycles. The van der Waals surface area contributed by atoms with E-state index in [0.717, 1.165) is 24.8 Å². The van der Waals surface area contributed by atoms with Gasteiger partial charge in [0.05, 0.1) is 10.9 Å². The first-order chi connectivity index (χ1) is 11.0. The van der Waals surface area contributed by atoms with E-state index in [4.69, 9.17) is 0 Å². The van der Waals surface area contributed by atoms with Gasteiger partial charge in [0.15, 0.2) is 0 Å². The molecule has 0 aliphatic carbocycles. The fraction of sp³-hybridized carbons (Fsp3) is 0.471. The van der Waals surface area contributed by atoms with Gasteiger partial charge in [-0.25, -0.2) is 13.1 Å². The van der Waals surface area contributed by atoms with Gasteiger partial charge in [-0.1, -0.05) is 24.3 Å². The maximum absolute atomic E-state index is 12.4. The monoisotopic (exact) mass is 334 g/mol. The lowest BCUT2D eigenvalue weighted by Crippen LogP contribution is -2.43. The van der Waals surface area contributed by atoms with Crippen LogP contribution >= 0.6 is 0 Å². The molecule has 6 heteroatoms. The summed E-state index contributed by atoms with van der Waals surface area (Å²) >= 11 is 0. The van der Waals surface area contributed by atoms with Crippen LogP contribution in [0.3, 0.4) is 0 Å². The Labute approximate surface area is 137 Å². The van der Waals surface area contributed by atoms with E-state index in [1.54, 1.807) is 18.2 Å². The topological polar surface area (TPSA) is 66.5 Å². The van der Waals surface area contributed by atoms with E-state index in [-0.39, 0.29) is 29.8 Å². The summed E-state index contributed by atoms with van der Waals surface area (Å²) in [4.78, 5) is 14.6. The molecule has 0 unspecified atom stereocenters. The first-order valence-electron chi connectivity index (χ1n) is 8.01. The van der Waals surface area contributed by atoms with Crippen LogP contribution in [0.25, 0.3) is 0 Å². The van der Waals surface area contributed by atoms with E-state index >= 15 is 0 Å². The second kappa shape index (κ2) is 6.45. The first kappa shape index (κ1) is 16.2. The maximum atomic E-state index is 12.4. The Morgan fingerprint density at radius 1 is 1.35 bits per heavy atom. The van der Waals surface area contributed by atoms with Crippen LogP contribution < -0.4 is 4.72 Å².